The third-order valence-corrected chi connectivity index (χ3v) is 4.78. The highest BCUT2D eigenvalue weighted by atomic mass is 19.4. The lowest BCUT2D eigenvalue weighted by Gasteiger charge is -2.17. The maximum absolute atomic E-state index is 13.3. The zero-order chi connectivity index (χ0) is 22.2. The highest BCUT2D eigenvalue weighted by Gasteiger charge is 2.35. The number of rotatable bonds is 4. The molecule has 2 aromatic heterocycles. The lowest BCUT2D eigenvalue weighted by molar-refractivity contribution is -0.137. The highest BCUT2D eigenvalue weighted by molar-refractivity contribution is 6.09. The molecule has 2 heterocycles. The van der Waals surface area contributed by atoms with Crippen molar-refractivity contribution in [1.29, 1.82) is 0 Å². The van der Waals surface area contributed by atoms with Crippen molar-refractivity contribution in [3.05, 3.63) is 68.0 Å². The number of amides is 1. The predicted molar refractivity (Wildman–Crippen MR) is 106 cm³/mol. The second kappa shape index (κ2) is 7.77. The van der Waals surface area contributed by atoms with E-state index in [4.69, 9.17) is 0 Å². The van der Waals surface area contributed by atoms with Crippen LogP contribution in [-0.2, 0) is 26.7 Å². The lowest BCUT2D eigenvalue weighted by Crippen LogP contribution is -2.38. The molecule has 0 radical (unpaired) electrons. The van der Waals surface area contributed by atoms with E-state index in [-0.39, 0.29) is 16.7 Å². The highest BCUT2D eigenvalue weighted by Crippen LogP contribution is 2.33. The number of alkyl halides is 3. The van der Waals surface area contributed by atoms with Crippen molar-refractivity contribution < 1.29 is 18.0 Å². The van der Waals surface area contributed by atoms with Crippen molar-refractivity contribution in [1.82, 2.24) is 14.1 Å². The van der Waals surface area contributed by atoms with E-state index < -0.39 is 34.5 Å². The van der Waals surface area contributed by atoms with Gasteiger partial charge >= 0.3 is 11.9 Å². The smallest absolute Gasteiger partial charge is 0.321 e. The third-order valence-electron chi connectivity index (χ3n) is 4.78. The minimum absolute atomic E-state index is 0.0300. The summed E-state index contributed by atoms with van der Waals surface area (Å²) >= 11 is 0. The van der Waals surface area contributed by atoms with E-state index in [1.807, 2.05) is 6.92 Å². The Labute approximate surface area is 168 Å². The van der Waals surface area contributed by atoms with Gasteiger partial charge in [0.2, 0.25) is 0 Å². The monoisotopic (exact) mass is 420 g/mol. The molecule has 0 aliphatic carbocycles. The first-order valence-electron chi connectivity index (χ1n) is 9.13. The number of halogens is 3. The van der Waals surface area contributed by atoms with Crippen molar-refractivity contribution in [2.45, 2.75) is 25.9 Å². The topological polar surface area (TPSA) is 86.0 Å². The quantitative estimate of drug-likeness (QED) is 0.703. The van der Waals surface area contributed by atoms with Gasteiger partial charge in [0.05, 0.1) is 16.8 Å². The second-order valence-electron chi connectivity index (χ2n) is 6.81. The first kappa shape index (κ1) is 21.3. The first-order valence-corrected chi connectivity index (χ1v) is 9.13. The van der Waals surface area contributed by atoms with Crippen LogP contribution in [0.4, 0.5) is 18.9 Å². The number of carbonyl (C=O) groups is 1. The molecule has 0 fully saturated rings. The van der Waals surface area contributed by atoms with Crippen molar-refractivity contribution in [3.63, 3.8) is 0 Å². The van der Waals surface area contributed by atoms with Gasteiger partial charge in [0.1, 0.15) is 5.39 Å². The maximum Gasteiger partial charge on any atom is 0.417 e. The molecule has 0 aliphatic heterocycles. The van der Waals surface area contributed by atoms with Crippen LogP contribution in [0, 0.1) is 0 Å². The molecule has 7 nitrogen and oxygen atoms in total. The molecule has 0 saturated carbocycles. The van der Waals surface area contributed by atoms with Crippen LogP contribution in [0.15, 0.2) is 40.1 Å². The number of carbonyl (C=O) groups excluding carboxylic acids is 1. The molecule has 0 unspecified atom stereocenters. The second-order valence-corrected chi connectivity index (χ2v) is 6.81. The molecule has 10 heteroatoms. The number of aryl methyl sites for hydroxylation is 2. The van der Waals surface area contributed by atoms with Crippen molar-refractivity contribution in [2.75, 3.05) is 5.32 Å². The predicted octanol–water partition coefficient (Wildman–Crippen LogP) is 2.86. The summed E-state index contributed by atoms with van der Waals surface area (Å²) in [6.07, 6.45) is -2.25. The Balaban J connectivity index is 2.26. The van der Waals surface area contributed by atoms with Gasteiger partial charge in [0.25, 0.3) is 11.5 Å². The van der Waals surface area contributed by atoms with E-state index in [0.717, 1.165) is 21.3 Å². The van der Waals surface area contributed by atoms with Gasteiger partial charge < -0.3 is 5.32 Å². The number of aromatic nitrogens is 3. The Morgan fingerprint density at radius 1 is 1.13 bits per heavy atom. The molecule has 158 valence electrons. The molecule has 30 heavy (non-hydrogen) atoms. The Morgan fingerprint density at radius 3 is 2.43 bits per heavy atom. The van der Waals surface area contributed by atoms with Crippen molar-refractivity contribution >= 4 is 22.6 Å². The average molecular weight is 420 g/mol. The van der Waals surface area contributed by atoms with Gasteiger partial charge in [0, 0.05) is 20.3 Å². The SMILES string of the molecule is CCCc1cnc2c(c1NC(=O)c1ccccc1C(F)(F)F)c(=O)n(C)c(=O)n2C. The number of benzene rings is 1. The number of pyridine rings is 1. The van der Waals surface area contributed by atoms with Gasteiger partial charge in [-0.15, -0.1) is 0 Å². The molecule has 1 N–H and O–H groups in total. The van der Waals surface area contributed by atoms with Gasteiger partial charge in [-0.05, 0) is 24.1 Å². The molecule has 1 amide bonds. The number of anilines is 1. The van der Waals surface area contributed by atoms with E-state index in [1.165, 1.54) is 32.4 Å². The fraction of sp³-hybridized carbons (Fsp3) is 0.300. The zero-order valence-corrected chi connectivity index (χ0v) is 16.5. The molecular formula is C20H19F3N4O3. The fourth-order valence-corrected chi connectivity index (χ4v) is 3.28. The standard InChI is InChI=1S/C20H19F3N4O3/c1-4-7-11-10-24-16-14(18(29)27(3)19(30)26(16)2)15(11)25-17(28)12-8-5-6-9-13(12)20(21,22)23/h5-6,8-10H,4,7H2,1-3H3,(H,24,25,28). The molecular weight excluding hydrogens is 401 g/mol. The molecule has 0 atom stereocenters. The summed E-state index contributed by atoms with van der Waals surface area (Å²) in [6.45, 7) is 1.87. The van der Waals surface area contributed by atoms with Gasteiger partial charge in [-0.2, -0.15) is 13.2 Å². The molecule has 0 saturated heterocycles. The summed E-state index contributed by atoms with van der Waals surface area (Å²) in [6, 6.07) is 4.39. The molecule has 0 bridgehead atoms. The van der Waals surface area contributed by atoms with Crippen LogP contribution in [0.1, 0.15) is 34.8 Å². The van der Waals surface area contributed by atoms with Crippen molar-refractivity contribution in [2.24, 2.45) is 14.1 Å². The largest absolute Gasteiger partial charge is 0.417 e. The number of fused-ring (bicyclic) bond motifs is 1. The summed E-state index contributed by atoms with van der Waals surface area (Å²) in [4.78, 5) is 42.0. The van der Waals surface area contributed by atoms with Gasteiger partial charge in [-0.3, -0.25) is 18.7 Å². The van der Waals surface area contributed by atoms with Crippen LogP contribution in [0.25, 0.3) is 11.0 Å². The Hall–Kier alpha value is -3.43. The van der Waals surface area contributed by atoms with E-state index in [0.29, 0.717) is 18.4 Å². The first-order chi connectivity index (χ1) is 14.1. The fourth-order valence-electron chi connectivity index (χ4n) is 3.28. The third kappa shape index (κ3) is 3.60. The van der Waals surface area contributed by atoms with Crippen LogP contribution in [0.5, 0.6) is 0 Å². The lowest BCUT2D eigenvalue weighted by atomic mass is 10.0. The van der Waals surface area contributed by atoms with E-state index in [2.05, 4.69) is 10.3 Å². The minimum Gasteiger partial charge on any atom is -0.321 e. The Bertz CT molecular complexity index is 1260. The molecule has 3 rings (SSSR count). The summed E-state index contributed by atoms with van der Waals surface area (Å²) in [7, 11) is 2.70. The normalized spacial score (nSPS) is 11.7. The van der Waals surface area contributed by atoms with Crippen LogP contribution < -0.4 is 16.6 Å². The molecule has 3 aromatic rings. The van der Waals surface area contributed by atoms with Crippen LogP contribution in [0.3, 0.4) is 0 Å². The van der Waals surface area contributed by atoms with Gasteiger partial charge in [-0.1, -0.05) is 25.5 Å². The number of hydrogen-bond acceptors (Lipinski definition) is 4. The minimum atomic E-state index is -4.72. The molecule has 0 spiro atoms. The summed E-state index contributed by atoms with van der Waals surface area (Å²) in [5.74, 6) is -1.01. The zero-order valence-electron chi connectivity index (χ0n) is 16.5. The van der Waals surface area contributed by atoms with E-state index in [1.54, 1.807) is 0 Å². The van der Waals surface area contributed by atoms with E-state index in [9.17, 15) is 27.6 Å². The summed E-state index contributed by atoms with van der Waals surface area (Å²) < 4.78 is 42.0. The van der Waals surface area contributed by atoms with Crippen molar-refractivity contribution in [3.8, 4) is 0 Å². The Morgan fingerprint density at radius 2 is 1.80 bits per heavy atom. The van der Waals surface area contributed by atoms with Crippen LogP contribution >= 0.6 is 0 Å². The van der Waals surface area contributed by atoms with Gasteiger partial charge in [-0.25, -0.2) is 9.78 Å². The number of hydrogen-bond donors (Lipinski definition) is 1. The van der Waals surface area contributed by atoms with Crippen LogP contribution in [0.2, 0.25) is 0 Å². The number of nitrogens with zero attached hydrogens (tertiary/aromatic N) is 3. The maximum atomic E-state index is 13.3. The van der Waals surface area contributed by atoms with Gasteiger partial charge in [0.15, 0.2) is 5.65 Å². The average Bonchev–Trinajstić information content (AvgIpc) is 2.71. The van der Waals surface area contributed by atoms with E-state index >= 15 is 0 Å². The molecule has 1 aromatic carbocycles. The number of nitrogens with one attached hydrogen (secondary N) is 1. The Kier molecular flexibility index (Phi) is 5.51. The van der Waals surface area contributed by atoms with Crippen LogP contribution in [-0.4, -0.2) is 20.0 Å². The molecule has 0 aliphatic rings. The summed E-state index contributed by atoms with van der Waals surface area (Å²) in [5, 5.41) is 2.44. The summed E-state index contributed by atoms with van der Waals surface area (Å²) in [5.41, 5.74) is -2.39.